The molecule has 2 aromatic rings. The number of nitriles is 1. The first kappa shape index (κ1) is 15.4. The van der Waals surface area contributed by atoms with Gasteiger partial charge in [-0.3, -0.25) is 0 Å². The molecular weight excluding hydrogens is 312 g/mol. The van der Waals surface area contributed by atoms with Crippen LogP contribution >= 0.6 is 23.2 Å². The highest BCUT2D eigenvalue weighted by molar-refractivity contribution is 6.37. The molecule has 0 radical (unpaired) electrons. The Morgan fingerprint density at radius 1 is 1.24 bits per heavy atom. The van der Waals surface area contributed by atoms with Crippen molar-refractivity contribution in [3.63, 3.8) is 0 Å². The van der Waals surface area contributed by atoms with Gasteiger partial charge in [-0.25, -0.2) is 4.39 Å². The Morgan fingerprint density at radius 3 is 2.43 bits per heavy atom. The molecule has 0 aromatic heterocycles. The number of hydrogen-bond donors (Lipinski definition) is 0. The molecule has 2 rings (SSSR count). The van der Waals surface area contributed by atoms with Crippen LogP contribution in [0.4, 0.5) is 4.39 Å². The highest BCUT2D eigenvalue weighted by Gasteiger charge is 2.09. The van der Waals surface area contributed by atoms with E-state index < -0.39 is 5.82 Å². The molecule has 0 atom stereocenters. The SMILES string of the molecule is COc1c(Cl)cc(/C=C(\C#N)c2cccc(F)c2)cc1Cl. The van der Waals surface area contributed by atoms with Crippen LogP contribution in [0.2, 0.25) is 10.0 Å². The molecule has 0 N–H and O–H groups in total. The van der Waals surface area contributed by atoms with Crippen LogP contribution in [0.5, 0.6) is 5.75 Å². The smallest absolute Gasteiger partial charge is 0.156 e. The van der Waals surface area contributed by atoms with Crippen LogP contribution in [0.1, 0.15) is 11.1 Å². The minimum Gasteiger partial charge on any atom is -0.494 e. The summed E-state index contributed by atoms with van der Waals surface area (Å²) in [5.74, 6) is -0.0285. The Kier molecular flexibility index (Phi) is 4.85. The first-order valence-corrected chi connectivity index (χ1v) is 6.71. The van der Waals surface area contributed by atoms with Crippen molar-refractivity contribution in [3.8, 4) is 11.8 Å². The molecule has 0 aliphatic carbocycles. The maximum atomic E-state index is 13.2. The zero-order valence-corrected chi connectivity index (χ0v) is 12.5. The van der Waals surface area contributed by atoms with E-state index in [1.165, 1.54) is 19.2 Å². The second kappa shape index (κ2) is 6.62. The number of halogens is 3. The predicted molar refractivity (Wildman–Crippen MR) is 82.9 cm³/mol. The van der Waals surface area contributed by atoms with Gasteiger partial charge in [0.2, 0.25) is 0 Å². The van der Waals surface area contributed by atoms with Crippen molar-refractivity contribution in [1.82, 2.24) is 0 Å². The molecule has 0 aliphatic rings. The monoisotopic (exact) mass is 321 g/mol. The van der Waals surface area contributed by atoms with E-state index in [0.29, 0.717) is 32.5 Å². The van der Waals surface area contributed by atoms with Gasteiger partial charge in [0.25, 0.3) is 0 Å². The summed E-state index contributed by atoms with van der Waals surface area (Å²) in [6, 6.07) is 11.1. The Bertz CT molecular complexity index is 727. The van der Waals surface area contributed by atoms with Crippen molar-refractivity contribution >= 4 is 34.9 Å². The van der Waals surface area contributed by atoms with E-state index in [1.54, 1.807) is 30.3 Å². The lowest BCUT2D eigenvalue weighted by atomic mass is 10.0. The maximum Gasteiger partial charge on any atom is 0.156 e. The third-order valence-corrected chi connectivity index (χ3v) is 3.35. The van der Waals surface area contributed by atoms with Gasteiger partial charge in [0, 0.05) is 0 Å². The highest BCUT2D eigenvalue weighted by atomic mass is 35.5. The summed E-state index contributed by atoms with van der Waals surface area (Å²) in [4.78, 5) is 0. The number of ether oxygens (including phenoxy) is 1. The van der Waals surface area contributed by atoms with E-state index in [4.69, 9.17) is 27.9 Å². The molecule has 0 bridgehead atoms. The van der Waals surface area contributed by atoms with E-state index in [0.717, 1.165) is 0 Å². The summed E-state index contributed by atoms with van der Waals surface area (Å²) in [6.07, 6.45) is 1.59. The normalized spacial score (nSPS) is 11.1. The van der Waals surface area contributed by atoms with Crippen LogP contribution in [-0.4, -0.2) is 7.11 Å². The summed E-state index contributed by atoms with van der Waals surface area (Å²) in [6.45, 7) is 0. The van der Waals surface area contributed by atoms with Crippen molar-refractivity contribution in [1.29, 1.82) is 5.26 Å². The Balaban J connectivity index is 2.49. The molecule has 2 aromatic carbocycles. The van der Waals surface area contributed by atoms with Crippen LogP contribution in [0, 0.1) is 17.1 Å². The topological polar surface area (TPSA) is 33.0 Å². The lowest BCUT2D eigenvalue weighted by molar-refractivity contribution is 0.415. The van der Waals surface area contributed by atoms with Gasteiger partial charge >= 0.3 is 0 Å². The fourth-order valence-corrected chi connectivity index (χ4v) is 2.52. The first-order chi connectivity index (χ1) is 10.0. The van der Waals surface area contributed by atoms with E-state index in [1.807, 2.05) is 6.07 Å². The second-order valence-electron chi connectivity index (χ2n) is 4.20. The number of hydrogen-bond acceptors (Lipinski definition) is 2. The highest BCUT2D eigenvalue weighted by Crippen LogP contribution is 2.34. The Hall–Kier alpha value is -2.02. The molecule has 0 unspecified atom stereocenters. The lowest BCUT2D eigenvalue weighted by Crippen LogP contribution is -1.88. The van der Waals surface area contributed by atoms with Gasteiger partial charge in [-0.2, -0.15) is 5.26 Å². The quantitative estimate of drug-likeness (QED) is 0.574. The fourth-order valence-electron chi connectivity index (χ4n) is 1.86. The number of benzene rings is 2. The molecule has 2 nitrogen and oxygen atoms in total. The Morgan fingerprint density at radius 2 is 1.90 bits per heavy atom. The number of methoxy groups -OCH3 is 1. The molecule has 0 heterocycles. The van der Waals surface area contributed by atoms with E-state index in [2.05, 4.69) is 0 Å². The predicted octanol–water partition coefficient (Wildman–Crippen LogP) is 5.21. The molecule has 0 aliphatic heterocycles. The summed E-state index contributed by atoms with van der Waals surface area (Å²) >= 11 is 12.1. The zero-order valence-electron chi connectivity index (χ0n) is 11.0. The van der Waals surface area contributed by atoms with Gasteiger partial charge in [-0.15, -0.1) is 0 Å². The van der Waals surface area contributed by atoms with Gasteiger partial charge in [-0.05, 0) is 41.5 Å². The van der Waals surface area contributed by atoms with Crippen LogP contribution < -0.4 is 4.74 Å². The van der Waals surface area contributed by atoms with Gasteiger partial charge in [0.15, 0.2) is 5.75 Å². The number of nitrogens with zero attached hydrogens (tertiary/aromatic N) is 1. The molecule has 0 saturated carbocycles. The molecule has 21 heavy (non-hydrogen) atoms. The van der Waals surface area contributed by atoms with Crippen molar-refractivity contribution < 1.29 is 9.13 Å². The maximum absolute atomic E-state index is 13.2. The molecule has 5 heteroatoms. The van der Waals surface area contributed by atoms with Gasteiger partial charge < -0.3 is 4.74 Å². The molecular formula is C16H10Cl2FNO. The van der Waals surface area contributed by atoms with Gasteiger partial charge in [-0.1, -0.05) is 35.3 Å². The Labute approximate surface area is 132 Å². The van der Waals surface area contributed by atoms with Crippen molar-refractivity contribution in [2.75, 3.05) is 7.11 Å². The fraction of sp³-hybridized carbons (Fsp3) is 0.0625. The molecule has 106 valence electrons. The van der Waals surface area contributed by atoms with Crippen LogP contribution in [0.25, 0.3) is 11.6 Å². The molecule has 0 amide bonds. The molecule has 0 spiro atoms. The van der Waals surface area contributed by atoms with Crippen molar-refractivity contribution in [3.05, 3.63) is 63.4 Å². The minimum absolute atomic E-state index is 0.312. The van der Waals surface area contributed by atoms with Crippen LogP contribution in [0.3, 0.4) is 0 Å². The molecule has 0 fully saturated rings. The summed E-state index contributed by atoms with van der Waals surface area (Å²) in [7, 11) is 1.47. The van der Waals surface area contributed by atoms with Crippen molar-refractivity contribution in [2.45, 2.75) is 0 Å². The number of rotatable bonds is 3. The van der Waals surface area contributed by atoms with Crippen LogP contribution in [0.15, 0.2) is 36.4 Å². The third kappa shape index (κ3) is 3.55. The average molecular weight is 322 g/mol. The van der Waals surface area contributed by atoms with E-state index >= 15 is 0 Å². The van der Waals surface area contributed by atoms with Gasteiger partial charge in [0.1, 0.15) is 5.82 Å². The number of allylic oxidation sites excluding steroid dienone is 1. The average Bonchev–Trinajstić information content (AvgIpc) is 2.44. The summed E-state index contributed by atoms with van der Waals surface area (Å²) in [5, 5.41) is 9.92. The first-order valence-electron chi connectivity index (χ1n) is 5.96. The standard InChI is InChI=1S/C16H10Cl2FNO/c1-21-16-14(17)6-10(7-15(16)18)5-12(9-20)11-3-2-4-13(19)8-11/h2-8H,1H3/b12-5+. The van der Waals surface area contributed by atoms with E-state index in [-0.39, 0.29) is 0 Å². The van der Waals surface area contributed by atoms with E-state index in [9.17, 15) is 9.65 Å². The lowest BCUT2D eigenvalue weighted by Gasteiger charge is -2.07. The second-order valence-corrected chi connectivity index (χ2v) is 5.01. The van der Waals surface area contributed by atoms with Crippen molar-refractivity contribution in [2.24, 2.45) is 0 Å². The summed E-state index contributed by atoms with van der Waals surface area (Å²) < 4.78 is 18.3. The zero-order chi connectivity index (χ0) is 15.4. The molecule has 0 saturated heterocycles. The summed E-state index contributed by atoms with van der Waals surface area (Å²) in [5.41, 5.74) is 1.43. The third-order valence-electron chi connectivity index (χ3n) is 2.79. The minimum atomic E-state index is -0.403. The van der Waals surface area contributed by atoms with Gasteiger partial charge in [0.05, 0.1) is 28.8 Å². The van der Waals surface area contributed by atoms with Crippen LogP contribution in [-0.2, 0) is 0 Å². The largest absolute Gasteiger partial charge is 0.494 e.